The molecule has 0 aliphatic carbocycles. The number of anilines is 2. The SMILES string of the molecule is Cc1cc(Nc2ncnc3ccc(C#CCNC(=O)CNCCO)cc23)ccc1Oc1cccnc1. The number of nitrogens with zero attached hydrogens (tertiary/aromatic N) is 3. The molecule has 0 atom stereocenters. The molecule has 0 fully saturated rings. The van der Waals surface area contributed by atoms with Crippen LogP contribution in [0.25, 0.3) is 10.9 Å². The summed E-state index contributed by atoms with van der Waals surface area (Å²) < 4.78 is 5.92. The van der Waals surface area contributed by atoms with E-state index < -0.39 is 0 Å². The first-order valence-corrected chi connectivity index (χ1v) is 11.4. The summed E-state index contributed by atoms with van der Waals surface area (Å²) in [5.74, 6) is 7.91. The summed E-state index contributed by atoms with van der Waals surface area (Å²) in [6.45, 7) is 2.70. The van der Waals surface area contributed by atoms with Crippen molar-refractivity contribution in [1.82, 2.24) is 25.6 Å². The number of rotatable bonds is 9. The number of ether oxygens (including phenoxy) is 1. The molecule has 36 heavy (non-hydrogen) atoms. The van der Waals surface area contributed by atoms with Crippen LogP contribution in [0.5, 0.6) is 11.5 Å². The molecule has 4 N–H and O–H groups in total. The highest BCUT2D eigenvalue weighted by atomic mass is 16.5. The Balaban J connectivity index is 1.45. The van der Waals surface area contributed by atoms with Gasteiger partial charge >= 0.3 is 0 Å². The number of carbonyl (C=O) groups is 1. The summed E-state index contributed by atoms with van der Waals surface area (Å²) in [6.07, 6.45) is 4.89. The maximum Gasteiger partial charge on any atom is 0.234 e. The second kappa shape index (κ2) is 12.3. The van der Waals surface area contributed by atoms with Gasteiger partial charge in [-0.1, -0.05) is 11.8 Å². The van der Waals surface area contributed by atoms with Gasteiger partial charge in [-0.05, 0) is 61.0 Å². The molecule has 2 aromatic heterocycles. The number of aromatic nitrogens is 3. The second-order valence-corrected chi connectivity index (χ2v) is 7.83. The van der Waals surface area contributed by atoms with E-state index in [4.69, 9.17) is 9.84 Å². The maximum absolute atomic E-state index is 11.7. The lowest BCUT2D eigenvalue weighted by molar-refractivity contribution is -0.120. The summed E-state index contributed by atoms with van der Waals surface area (Å²) in [5.41, 5.74) is 3.39. The quantitative estimate of drug-likeness (QED) is 0.212. The van der Waals surface area contributed by atoms with Crippen LogP contribution >= 0.6 is 0 Å². The minimum absolute atomic E-state index is 0.0128. The molecule has 0 unspecified atom stereocenters. The Bertz CT molecular complexity index is 1400. The molecule has 0 spiro atoms. The number of carbonyl (C=O) groups excluding carboxylic acids is 1. The van der Waals surface area contributed by atoms with E-state index in [0.29, 0.717) is 18.1 Å². The molecule has 0 saturated heterocycles. The molecular formula is C27H26N6O3. The Kier molecular flexibility index (Phi) is 8.38. The summed E-state index contributed by atoms with van der Waals surface area (Å²) in [4.78, 5) is 24.6. The third kappa shape index (κ3) is 6.76. The predicted octanol–water partition coefficient (Wildman–Crippen LogP) is 2.92. The van der Waals surface area contributed by atoms with Crippen LogP contribution in [0.1, 0.15) is 11.1 Å². The van der Waals surface area contributed by atoms with E-state index in [-0.39, 0.29) is 25.6 Å². The van der Waals surface area contributed by atoms with Crippen molar-refractivity contribution in [3.63, 3.8) is 0 Å². The van der Waals surface area contributed by atoms with Gasteiger partial charge in [-0.3, -0.25) is 9.78 Å². The molecule has 9 nitrogen and oxygen atoms in total. The molecule has 4 rings (SSSR count). The fourth-order valence-electron chi connectivity index (χ4n) is 3.38. The van der Waals surface area contributed by atoms with Crippen molar-refractivity contribution in [3.05, 3.63) is 78.4 Å². The topological polar surface area (TPSA) is 121 Å². The van der Waals surface area contributed by atoms with Crippen molar-refractivity contribution in [1.29, 1.82) is 0 Å². The van der Waals surface area contributed by atoms with Gasteiger partial charge < -0.3 is 25.8 Å². The molecule has 2 aromatic carbocycles. The van der Waals surface area contributed by atoms with Gasteiger partial charge in [-0.15, -0.1) is 0 Å². The number of amides is 1. The molecule has 1 amide bonds. The summed E-state index contributed by atoms with van der Waals surface area (Å²) in [5, 5.41) is 18.5. The van der Waals surface area contributed by atoms with Gasteiger partial charge in [0.1, 0.15) is 23.6 Å². The molecule has 2 heterocycles. The minimum atomic E-state index is -0.178. The zero-order chi connectivity index (χ0) is 25.2. The van der Waals surface area contributed by atoms with E-state index in [0.717, 1.165) is 33.5 Å². The number of aliphatic hydroxyl groups is 1. The average Bonchev–Trinajstić information content (AvgIpc) is 2.89. The number of fused-ring (bicyclic) bond motifs is 1. The highest BCUT2D eigenvalue weighted by molar-refractivity contribution is 5.91. The minimum Gasteiger partial charge on any atom is -0.455 e. The Labute approximate surface area is 209 Å². The lowest BCUT2D eigenvalue weighted by Gasteiger charge is -2.12. The summed E-state index contributed by atoms with van der Waals surface area (Å²) in [6, 6.07) is 15.2. The number of benzene rings is 2. The molecule has 182 valence electrons. The Morgan fingerprint density at radius 1 is 1.14 bits per heavy atom. The molecular weight excluding hydrogens is 456 g/mol. The van der Waals surface area contributed by atoms with Gasteiger partial charge in [0.25, 0.3) is 0 Å². The Morgan fingerprint density at radius 2 is 2.06 bits per heavy atom. The monoisotopic (exact) mass is 482 g/mol. The van der Waals surface area contributed by atoms with E-state index in [1.165, 1.54) is 6.33 Å². The van der Waals surface area contributed by atoms with Crippen molar-refractivity contribution in [3.8, 4) is 23.3 Å². The first-order valence-electron chi connectivity index (χ1n) is 11.4. The van der Waals surface area contributed by atoms with E-state index in [2.05, 4.69) is 42.7 Å². The average molecular weight is 483 g/mol. The third-order valence-corrected chi connectivity index (χ3v) is 5.12. The van der Waals surface area contributed by atoms with Crippen molar-refractivity contribution < 1.29 is 14.6 Å². The molecule has 0 aliphatic heterocycles. The van der Waals surface area contributed by atoms with Crippen LogP contribution < -0.4 is 20.7 Å². The second-order valence-electron chi connectivity index (χ2n) is 7.83. The van der Waals surface area contributed by atoms with E-state index in [9.17, 15) is 4.79 Å². The smallest absolute Gasteiger partial charge is 0.234 e. The maximum atomic E-state index is 11.7. The van der Waals surface area contributed by atoms with Crippen LogP contribution in [0.15, 0.2) is 67.3 Å². The van der Waals surface area contributed by atoms with Crippen LogP contribution in [-0.2, 0) is 4.79 Å². The van der Waals surface area contributed by atoms with Crippen molar-refractivity contribution in [2.75, 3.05) is 31.6 Å². The molecule has 4 aromatic rings. The Hall–Kier alpha value is -4.52. The number of aryl methyl sites for hydroxylation is 1. The fraction of sp³-hybridized carbons (Fsp3) is 0.185. The lowest BCUT2D eigenvalue weighted by Crippen LogP contribution is -2.35. The van der Waals surface area contributed by atoms with Gasteiger partial charge in [-0.25, -0.2) is 9.97 Å². The molecule has 0 aliphatic rings. The van der Waals surface area contributed by atoms with Gasteiger partial charge in [0.15, 0.2) is 0 Å². The van der Waals surface area contributed by atoms with Gasteiger partial charge in [-0.2, -0.15) is 0 Å². The third-order valence-electron chi connectivity index (χ3n) is 5.12. The van der Waals surface area contributed by atoms with Crippen molar-refractivity contribution in [2.45, 2.75) is 6.92 Å². The number of hydrogen-bond donors (Lipinski definition) is 4. The van der Waals surface area contributed by atoms with Crippen LogP contribution in [0, 0.1) is 18.8 Å². The number of pyridine rings is 1. The van der Waals surface area contributed by atoms with E-state index in [1.54, 1.807) is 12.4 Å². The standard InChI is InChI=1S/C27H26N6O3/c1-19-14-21(7-9-25(19)36-22-5-3-10-28-16-22)33-27-23-15-20(6-8-24(23)31-18-32-27)4-2-11-30-26(35)17-29-12-13-34/h3,5-10,14-16,18,29,34H,11-13,17H2,1H3,(H,30,35)(H,31,32,33). The van der Waals surface area contributed by atoms with E-state index in [1.807, 2.05) is 55.5 Å². The highest BCUT2D eigenvalue weighted by Gasteiger charge is 2.08. The molecule has 0 bridgehead atoms. The van der Waals surface area contributed by atoms with Crippen molar-refractivity contribution in [2.24, 2.45) is 0 Å². The number of hydrogen-bond acceptors (Lipinski definition) is 8. The first kappa shape index (κ1) is 24.6. The van der Waals surface area contributed by atoms with Gasteiger partial charge in [0.05, 0.1) is 31.4 Å². The molecule has 0 radical (unpaired) electrons. The zero-order valence-electron chi connectivity index (χ0n) is 19.8. The largest absolute Gasteiger partial charge is 0.455 e. The summed E-state index contributed by atoms with van der Waals surface area (Å²) in [7, 11) is 0. The van der Waals surface area contributed by atoms with Crippen LogP contribution in [0.2, 0.25) is 0 Å². The Morgan fingerprint density at radius 3 is 2.86 bits per heavy atom. The van der Waals surface area contributed by atoms with Crippen LogP contribution in [-0.4, -0.2) is 52.2 Å². The highest BCUT2D eigenvalue weighted by Crippen LogP contribution is 2.29. The normalized spacial score (nSPS) is 10.4. The van der Waals surface area contributed by atoms with Crippen LogP contribution in [0.4, 0.5) is 11.5 Å². The zero-order valence-corrected chi connectivity index (χ0v) is 19.8. The van der Waals surface area contributed by atoms with Crippen LogP contribution in [0.3, 0.4) is 0 Å². The number of aliphatic hydroxyl groups excluding tert-OH is 1. The van der Waals surface area contributed by atoms with Gasteiger partial charge in [0, 0.05) is 29.4 Å². The van der Waals surface area contributed by atoms with E-state index >= 15 is 0 Å². The molecule has 9 heteroatoms. The van der Waals surface area contributed by atoms with Gasteiger partial charge in [0.2, 0.25) is 5.91 Å². The fourth-order valence-corrected chi connectivity index (χ4v) is 3.38. The lowest BCUT2D eigenvalue weighted by atomic mass is 10.1. The molecule has 0 saturated carbocycles. The summed E-state index contributed by atoms with van der Waals surface area (Å²) >= 11 is 0. The number of nitrogens with one attached hydrogen (secondary N) is 3. The van der Waals surface area contributed by atoms with Crippen molar-refractivity contribution >= 4 is 28.3 Å². The first-order chi connectivity index (χ1) is 17.6. The predicted molar refractivity (Wildman–Crippen MR) is 138 cm³/mol.